The molecular formula is C70H118O6. The van der Waals surface area contributed by atoms with Gasteiger partial charge in [-0.3, -0.25) is 14.4 Å². The summed E-state index contributed by atoms with van der Waals surface area (Å²) in [6, 6.07) is 0. The van der Waals surface area contributed by atoms with Crippen LogP contribution in [-0.2, 0) is 28.6 Å². The molecule has 0 aromatic heterocycles. The average molecular weight is 1060 g/mol. The number of hydrogen-bond donors (Lipinski definition) is 0. The summed E-state index contributed by atoms with van der Waals surface area (Å²) in [6.07, 6.45) is 86.7. The monoisotopic (exact) mass is 1050 g/mol. The lowest BCUT2D eigenvalue weighted by Crippen LogP contribution is -2.30. The lowest BCUT2D eigenvalue weighted by molar-refractivity contribution is -0.167. The molecule has 0 radical (unpaired) electrons. The Morgan fingerprint density at radius 2 is 0.539 bits per heavy atom. The highest BCUT2D eigenvalue weighted by atomic mass is 16.6. The highest BCUT2D eigenvalue weighted by Gasteiger charge is 2.19. The van der Waals surface area contributed by atoms with E-state index < -0.39 is 6.10 Å². The van der Waals surface area contributed by atoms with Crippen molar-refractivity contribution in [2.24, 2.45) is 0 Å². The Labute approximate surface area is 470 Å². The fourth-order valence-electron chi connectivity index (χ4n) is 8.71. The molecule has 0 N–H and O–H groups in total. The van der Waals surface area contributed by atoms with Crippen molar-refractivity contribution in [2.75, 3.05) is 13.2 Å². The molecule has 1 unspecified atom stereocenters. The van der Waals surface area contributed by atoms with Gasteiger partial charge in [-0.25, -0.2) is 0 Å². The van der Waals surface area contributed by atoms with Gasteiger partial charge in [-0.15, -0.1) is 0 Å². The molecule has 76 heavy (non-hydrogen) atoms. The van der Waals surface area contributed by atoms with Gasteiger partial charge in [0, 0.05) is 19.3 Å². The van der Waals surface area contributed by atoms with Gasteiger partial charge < -0.3 is 14.2 Å². The van der Waals surface area contributed by atoms with Crippen LogP contribution in [0, 0.1) is 0 Å². The van der Waals surface area contributed by atoms with Gasteiger partial charge in [0.15, 0.2) is 6.10 Å². The normalized spacial score (nSPS) is 12.8. The molecular weight excluding hydrogens is 937 g/mol. The van der Waals surface area contributed by atoms with Gasteiger partial charge in [-0.1, -0.05) is 265 Å². The van der Waals surface area contributed by atoms with Gasteiger partial charge >= 0.3 is 17.9 Å². The SMILES string of the molecule is CC/C=C\C/C=C\C/C=C\C/C=C\C/C=C\CCCCCCCCCCCCCC(=O)OCC(COC(=O)CCCCCCC/C=C\CCC)OC(=O)CCCCCCCC/C=C\C/C=C\C/C=C\CCCCCCC. The van der Waals surface area contributed by atoms with Gasteiger partial charge in [-0.2, -0.15) is 0 Å². The minimum atomic E-state index is -0.791. The van der Waals surface area contributed by atoms with E-state index in [1.54, 1.807) is 0 Å². The summed E-state index contributed by atoms with van der Waals surface area (Å²) < 4.78 is 16.9. The first-order chi connectivity index (χ1) is 37.5. The van der Waals surface area contributed by atoms with Crippen molar-refractivity contribution >= 4 is 17.9 Å². The van der Waals surface area contributed by atoms with Crippen LogP contribution in [0.1, 0.15) is 297 Å². The molecule has 0 aliphatic rings. The zero-order valence-electron chi connectivity index (χ0n) is 49.7. The van der Waals surface area contributed by atoms with Crippen molar-refractivity contribution < 1.29 is 28.6 Å². The first-order valence-electron chi connectivity index (χ1n) is 31.9. The van der Waals surface area contributed by atoms with E-state index in [2.05, 4.69) is 130 Å². The molecule has 0 rings (SSSR count). The maximum Gasteiger partial charge on any atom is 0.306 e. The van der Waals surface area contributed by atoms with E-state index in [-0.39, 0.29) is 31.1 Å². The molecule has 0 bridgehead atoms. The lowest BCUT2D eigenvalue weighted by atomic mass is 10.0. The molecule has 434 valence electrons. The van der Waals surface area contributed by atoms with Gasteiger partial charge in [0.2, 0.25) is 0 Å². The quantitative estimate of drug-likeness (QED) is 0.0261. The fourth-order valence-corrected chi connectivity index (χ4v) is 8.71. The number of carbonyl (C=O) groups is 3. The second-order valence-corrected chi connectivity index (χ2v) is 20.9. The number of hydrogen-bond acceptors (Lipinski definition) is 6. The van der Waals surface area contributed by atoms with Crippen LogP contribution in [0.15, 0.2) is 109 Å². The van der Waals surface area contributed by atoms with Gasteiger partial charge in [0.25, 0.3) is 0 Å². The topological polar surface area (TPSA) is 78.9 Å². The van der Waals surface area contributed by atoms with E-state index in [0.29, 0.717) is 19.3 Å². The van der Waals surface area contributed by atoms with E-state index in [9.17, 15) is 14.4 Å². The van der Waals surface area contributed by atoms with Crippen LogP contribution in [0.3, 0.4) is 0 Å². The summed E-state index contributed by atoms with van der Waals surface area (Å²) in [7, 11) is 0. The Bertz CT molecular complexity index is 1540. The number of rotatable bonds is 57. The molecule has 0 spiro atoms. The molecule has 0 aromatic carbocycles. The second-order valence-electron chi connectivity index (χ2n) is 20.9. The number of allylic oxidation sites excluding steroid dienone is 18. The molecule has 6 heteroatoms. The van der Waals surface area contributed by atoms with Crippen molar-refractivity contribution in [2.45, 2.75) is 303 Å². The van der Waals surface area contributed by atoms with Crippen LogP contribution >= 0.6 is 0 Å². The van der Waals surface area contributed by atoms with Crippen molar-refractivity contribution in [3.63, 3.8) is 0 Å². The van der Waals surface area contributed by atoms with Crippen LogP contribution in [0.2, 0.25) is 0 Å². The Balaban J connectivity index is 4.28. The van der Waals surface area contributed by atoms with Crippen LogP contribution in [0.25, 0.3) is 0 Å². The minimum Gasteiger partial charge on any atom is -0.462 e. The molecule has 0 fully saturated rings. The van der Waals surface area contributed by atoms with Gasteiger partial charge in [-0.05, 0) is 122 Å². The predicted octanol–water partition coefficient (Wildman–Crippen LogP) is 21.8. The molecule has 0 aliphatic carbocycles. The molecule has 0 aromatic rings. The zero-order chi connectivity index (χ0) is 55.0. The molecule has 0 saturated carbocycles. The second kappa shape index (κ2) is 63.6. The van der Waals surface area contributed by atoms with Crippen LogP contribution < -0.4 is 0 Å². The van der Waals surface area contributed by atoms with Crippen molar-refractivity contribution in [3.8, 4) is 0 Å². The maximum atomic E-state index is 12.9. The standard InChI is InChI=1S/C70H118O6/c1-4-7-10-13-16-19-22-24-26-28-30-32-33-34-35-36-37-39-40-42-44-46-48-51-54-57-60-63-69(72)75-66-67(65-74-68(71)62-59-56-53-50-21-18-15-12-9-6-3)76-70(73)64-61-58-55-52-49-47-45-43-41-38-31-29-27-25-23-20-17-14-11-8-5-2/h7,10,12,15-16,19,23-26,29-32,34-35,41,43,67H,4-6,8-9,11,13-14,17-18,20-22,27-28,33,36-40,42,44-66H2,1-3H3/b10-7-,15-12-,19-16-,25-23-,26-24-,31-29-,32-30-,35-34-,43-41-. The molecule has 6 nitrogen and oxygen atoms in total. The first kappa shape index (κ1) is 72.1. The summed E-state index contributed by atoms with van der Waals surface area (Å²) in [4.78, 5) is 38.2. The van der Waals surface area contributed by atoms with Crippen LogP contribution in [0.5, 0.6) is 0 Å². The highest BCUT2D eigenvalue weighted by Crippen LogP contribution is 2.15. The highest BCUT2D eigenvalue weighted by molar-refractivity contribution is 5.71. The zero-order valence-corrected chi connectivity index (χ0v) is 49.7. The molecule has 0 heterocycles. The Morgan fingerprint density at radius 3 is 0.868 bits per heavy atom. The van der Waals surface area contributed by atoms with Crippen molar-refractivity contribution in [3.05, 3.63) is 109 Å². The smallest absolute Gasteiger partial charge is 0.306 e. The maximum absolute atomic E-state index is 12.9. The molecule has 1 atom stereocenters. The van der Waals surface area contributed by atoms with E-state index in [4.69, 9.17) is 14.2 Å². The third-order valence-corrected chi connectivity index (χ3v) is 13.5. The summed E-state index contributed by atoms with van der Waals surface area (Å²) in [5.74, 6) is -0.909. The summed E-state index contributed by atoms with van der Waals surface area (Å²) >= 11 is 0. The summed E-state index contributed by atoms with van der Waals surface area (Å²) in [5, 5.41) is 0. The van der Waals surface area contributed by atoms with Gasteiger partial charge in [0.1, 0.15) is 13.2 Å². The largest absolute Gasteiger partial charge is 0.462 e. The number of unbranched alkanes of at least 4 members (excludes halogenated alkanes) is 28. The Hall–Kier alpha value is -3.93. The van der Waals surface area contributed by atoms with Crippen LogP contribution in [-0.4, -0.2) is 37.2 Å². The van der Waals surface area contributed by atoms with E-state index >= 15 is 0 Å². The number of ether oxygens (including phenoxy) is 3. The number of esters is 3. The first-order valence-corrected chi connectivity index (χ1v) is 31.9. The lowest BCUT2D eigenvalue weighted by Gasteiger charge is -2.18. The van der Waals surface area contributed by atoms with E-state index in [1.807, 2.05) is 0 Å². The minimum absolute atomic E-state index is 0.0880. The predicted molar refractivity (Wildman–Crippen MR) is 330 cm³/mol. The van der Waals surface area contributed by atoms with E-state index in [1.165, 1.54) is 122 Å². The summed E-state index contributed by atoms with van der Waals surface area (Å²) in [6.45, 7) is 6.45. The van der Waals surface area contributed by atoms with Crippen LogP contribution in [0.4, 0.5) is 0 Å². The third-order valence-electron chi connectivity index (χ3n) is 13.5. The Morgan fingerprint density at radius 1 is 0.276 bits per heavy atom. The average Bonchev–Trinajstić information content (AvgIpc) is 3.42. The molecule has 0 aliphatic heterocycles. The van der Waals surface area contributed by atoms with Gasteiger partial charge in [0.05, 0.1) is 0 Å². The Kier molecular flexibility index (Phi) is 60.3. The van der Waals surface area contributed by atoms with Crippen molar-refractivity contribution in [1.82, 2.24) is 0 Å². The van der Waals surface area contributed by atoms with Crippen molar-refractivity contribution in [1.29, 1.82) is 0 Å². The fraction of sp³-hybridized carbons (Fsp3) is 0.700. The summed E-state index contributed by atoms with van der Waals surface area (Å²) in [5.41, 5.74) is 0. The van der Waals surface area contributed by atoms with E-state index in [0.717, 1.165) is 135 Å². The molecule has 0 saturated heterocycles. The molecule has 0 amide bonds. The third kappa shape index (κ3) is 60.9. The number of carbonyl (C=O) groups excluding carboxylic acids is 3.